The Labute approximate surface area is 126 Å². The summed E-state index contributed by atoms with van der Waals surface area (Å²) < 4.78 is 5.73. The molecule has 2 rings (SSSR count). The first kappa shape index (κ1) is 16.0. The lowest BCUT2D eigenvalue weighted by molar-refractivity contribution is -0.139. The number of hydrogen-bond donors (Lipinski definition) is 1. The SMILES string of the molecule is CC(C)(CC(=O)O)Cc1nnc(CC2CCCCCC2)o1. The highest BCUT2D eigenvalue weighted by Crippen LogP contribution is 2.28. The van der Waals surface area contributed by atoms with Crippen molar-refractivity contribution in [2.75, 3.05) is 0 Å². The Bertz CT molecular complexity index is 460. The number of hydrogen-bond acceptors (Lipinski definition) is 4. The van der Waals surface area contributed by atoms with Gasteiger partial charge in [-0.3, -0.25) is 4.79 Å². The number of rotatable bonds is 6. The number of aliphatic carboxylic acids is 1. The molecule has 0 saturated heterocycles. The molecule has 0 spiro atoms. The number of carboxylic acid groups (broad SMARTS) is 1. The lowest BCUT2D eigenvalue weighted by Gasteiger charge is -2.19. The van der Waals surface area contributed by atoms with Gasteiger partial charge in [0.15, 0.2) is 0 Å². The molecule has 0 aliphatic heterocycles. The van der Waals surface area contributed by atoms with Crippen LogP contribution in [0.15, 0.2) is 4.42 Å². The van der Waals surface area contributed by atoms with E-state index in [-0.39, 0.29) is 11.8 Å². The second-order valence-electron chi connectivity index (χ2n) is 7.06. The maximum atomic E-state index is 10.8. The van der Waals surface area contributed by atoms with Crippen molar-refractivity contribution in [1.82, 2.24) is 10.2 Å². The van der Waals surface area contributed by atoms with E-state index >= 15 is 0 Å². The van der Waals surface area contributed by atoms with Gasteiger partial charge in [-0.25, -0.2) is 0 Å². The summed E-state index contributed by atoms with van der Waals surface area (Å²) in [5, 5.41) is 17.1. The minimum atomic E-state index is -0.793. The lowest BCUT2D eigenvalue weighted by atomic mass is 9.86. The third-order valence-corrected chi connectivity index (χ3v) is 4.21. The molecule has 1 saturated carbocycles. The van der Waals surface area contributed by atoms with Gasteiger partial charge in [0.2, 0.25) is 11.8 Å². The number of carboxylic acids is 1. The van der Waals surface area contributed by atoms with E-state index in [0.29, 0.717) is 24.1 Å². The monoisotopic (exact) mass is 294 g/mol. The van der Waals surface area contributed by atoms with E-state index in [1.807, 2.05) is 13.8 Å². The van der Waals surface area contributed by atoms with E-state index in [1.165, 1.54) is 38.5 Å². The second kappa shape index (κ2) is 7.05. The first-order chi connectivity index (χ1) is 9.94. The molecule has 5 heteroatoms. The first-order valence-electron chi connectivity index (χ1n) is 7.98. The molecule has 1 aliphatic carbocycles. The van der Waals surface area contributed by atoms with Crippen LogP contribution in [0.3, 0.4) is 0 Å². The van der Waals surface area contributed by atoms with Gasteiger partial charge in [-0.1, -0.05) is 39.5 Å². The predicted octanol–water partition coefficient (Wildman–Crippen LogP) is 3.63. The number of aromatic nitrogens is 2. The van der Waals surface area contributed by atoms with Crippen LogP contribution in [-0.4, -0.2) is 21.3 Å². The normalized spacial score (nSPS) is 17.6. The van der Waals surface area contributed by atoms with E-state index in [9.17, 15) is 4.79 Å². The second-order valence-corrected chi connectivity index (χ2v) is 7.06. The first-order valence-corrected chi connectivity index (χ1v) is 7.98. The zero-order valence-corrected chi connectivity index (χ0v) is 13.1. The Morgan fingerprint density at radius 1 is 1.19 bits per heavy atom. The minimum Gasteiger partial charge on any atom is -0.481 e. The van der Waals surface area contributed by atoms with Crippen molar-refractivity contribution in [3.63, 3.8) is 0 Å². The van der Waals surface area contributed by atoms with Gasteiger partial charge in [0.1, 0.15) is 0 Å². The van der Waals surface area contributed by atoms with Gasteiger partial charge in [0.25, 0.3) is 0 Å². The molecule has 0 amide bonds. The number of carbonyl (C=O) groups is 1. The van der Waals surface area contributed by atoms with Crippen LogP contribution in [0.5, 0.6) is 0 Å². The van der Waals surface area contributed by atoms with Crippen molar-refractivity contribution in [2.45, 2.75) is 71.6 Å². The average molecular weight is 294 g/mol. The van der Waals surface area contributed by atoms with Crippen LogP contribution in [0.25, 0.3) is 0 Å². The van der Waals surface area contributed by atoms with Crippen LogP contribution in [0.2, 0.25) is 0 Å². The highest BCUT2D eigenvalue weighted by atomic mass is 16.4. The summed E-state index contributed by atoms with van der Waals surface area (Å²) in [4.78, 5) is 10.8. The Hall–Kier alpha value is -1.39. The summed E-state index contributed by atoms with van der Waals surface area (Å²) in [5.74, 6) is 1.14. The number of nitrogens with zero attached hydrogens (tertiary/aromatic N) is 2. The Kier molecular flexibility index (Phi) is 5.37. The van der Waals surface area contributed by atoms with Crippen LogP contribution >= 0.6 is 0 Å². The maximum Gasteiger partial charge on any atom is 0.303 e. The molecule has 118 valence electrons. The molecule has 5 nitrogen and oxygen atoms in total. The maximum absolute atomic E-state index is 10.8. The largest absolute Gasteiger partial charge is 0.481 e. The standard InChI is InChI=1S/C16H26N2O3/c1-16(2,11-15(19)20)10-14-18-17-13(21-14)9-12-7-5-3-4-6-8-12/h12H,3-11H2,1-2H3,(H,19,20). The quantitative estimate of drug-likeness (QED) is 0.811. The molecule has 0 aromatic carbocycles. The molecule has 1 aliphatic rings. The van der Waals surface area contributed by atoms with E-state index < -0.39 is 5.97 Å². The van der Waals surface area contributed by atoms with Crippen molar-refractivity contribution < 1.29 is 14.3 Å². The lowest BCUT2D eigenvalue weighted by Crippen LogP contribution is -2.19. The van der Waals surface area contributed by atoms with Crippen LogP contribution in [0, 0.1) is 11.3 Å². The fourth-order valence-corrected chi connectivity index (χ4v) is 3.14. The van der Waals surface area contributed by atoms with Gasteiger partial charge in [-0.2, -0.15) is 0 Å². The average Bonchev–Trinajstić information content (AvgIpc) is 2.62. The molecule has 0 bridgehead atoms. The van der Waals surface area contributed by atoms with Crippen molar-refractivity contribution >= 4 is 5.97 Å². The molecule has 0 radical (unpaired) electrons. The summed E-state index contributed by atoms with van der Waals surface area (Å²) in [5.41, 5.74) is -0.363. The molecular formula is C16H26N2O3. The fourth-order valence-electron chi connectivity index (χ4n) is 3.14. The van der Waals surface area contributed by atoms with Crippen LogP contribution < -0.4 is 0 Å². The fraction of sp³-hybridized carbons (Fsp3) is 0.812. The molecule has 1 aromatic heterocycles. The molecule has 21 heavy (non-hydrogen) atoms. The van der Waals surface area contributed by atoms with Gasteiger partial charge in [0, 0.05) is 12.8 Å². The van der Waals surface area contributed by atoms with Gasteiger partial charge < -0.3 is 9.52 Å². The summed E-state index contributed by atoms with van der Waals surface area (Å²) in [6.45, 7) is 3.83. The van der Waals surface area contributed by atoms with Gasteiger partial charge in [0.05, 0.1) is 6.42 Å². The van der Waals surface area contributed by atoms with E-state index in [1.54, 1.807) is 0 Å². The topological polar surface area (TPSA) is 76.2 Å². The molecule has 0 unspecified atom stereocenters. The smallest absolute Gasteiger partial charge is 0.303 e. The van der Waals surface area contributed by atoms with Gasteiger partial charge in [-0.15, -0.1) is 10.2 Å². The van der Waals surface area contributed by atoms with Crippen molar-refractivity contribution in [1.29, 1.82) is 0 Å². The van der Waals surface area contributed by atoms with Gasteiger partial charge >= 0.3 is 5.97 Å². The highest BCUT2D eigenvalue weighted by molar-refractivity contribution is 5.67. The zero-order valence-electron chi connectivity index (χ0n) is 13.1. The van der Waals surface area contributed by atoms with Crippen molar-refractivity contribution in [2.24, 2.45) is 11.3 Å². The minimum absolute atomic E-state index is 0.105. The third-order valence-electron chi connectivity index (χ3n) is 4.21. The Morgan fingerprint density at radius 2 is 1.81 bits per heavy atom. The molecule has 1 N–H and O–H groups in total. The molecule has 1 fully saturated rings. The van der Waals surface area contributed by atoms with Crippen LogP contribution in [0.1, 0.15) is 70.6 Å². The van der Waals surface area contributed by atoms with E-state index in [0.717, 1.165) is 6.42 Å². The predicted molar refractivity (Wildman–Crippen MR) is 78.9 cm³/mol. The summed E-state index contributed by atoms with van der Waals surface area (Å²) in [6, 6.07) is 0. The van der Waals surface area contributed by atoms with Crippen molar-refractivity contribution in [3.05, 3.63) is 11.8 Å². The van der Waals surface area contributed by atoms with Crippen LogP contribution in [-0.2, 0) is 17.6 Å². The van der Waals surface area contributed by atoms with Crippen LogP contribution in [0.4, 0.5) is 0 Å². The van der Waals surface area contributed by atoms with E-state index in [2.05, 4.69) is 10.2 Å². The van der Waals surface area contributed by atoms with Crippen molar-refractivity contribution in [3.8, 4) is 0 Å². The molecule has 1 aromatic rings. The zero-order chi connectivity index (χ0) is 15.3. The van der Waals surface area contributed by atoms with E-state index in [4.69, 9.17) is 9.52 Å². The van der Waals surface area contributed by atoms with Gasteiger partial charge in [-0.05, 0) is 24.2 Å². The molecule has 0 atom stereocenters. The highest BCUT2D eigenvalue weighted by Gasteiger charge is 2.25. The third kappa shape index (κ3) is 5.48. The summed E-state index contributed by atoms with van der Waals surface area (Å²) in [6.07, 6.45) is 9.28. The Morgan fingerprint density at radius 3 is 2.43 bits per heavy atom. The molecular weight excluding hydrogens is 268 g/mol. The summed E-state index contributed by atoms with van der Waals surface area (Å²) in [7, 11) is 0. The summed E-state index contributed by atoms with van der Waals surface area (Å²) >= 11 is 0. The Balaban J connectivity index is 1.90. The molecule has 1 heterocycles.